The van der Waals surface area contributed by atoms with Gasteiger partial charge in [0.2, 0.25) is 5.91 Å². The molecule has 0 spiro atoms. The minimum atomic E-state index is -0.838. The number of carboxylic acid groups (broad SMARTS) is 1. The summed E-state index contributed by atoms with van der Waals surface area (Å²) in [6, 6.07) is 15.6. The summed E-state index contributed by atoms with van der Waals surface area (Å²) in [7, 11) is 0. The van der Waals surface area contributed by atoms with Gasteiger partial charge in [-0.05, 0) is 47.4 Å². The van der Waals surface area contributed by atoms with Crippen LogP contribution in [-0.4, -0.2) is 42.3 Å². The lowest BCUT2D eigenvalue weighted by Crippen LogP contribution is -2.47. The molecular formula is C27H32N2O5. The van der Waals surface area contributed by atoms with Crippen LogP contribution in [0.1, 0.15) is 56.1 Å². The van der Waals surface area contributed by atoms with Crippen LogP contribution >= 0.6 is 0 Å². The molecule has 34 heavy (non-hydrogen) atoms. The minimum Gasteiger partial charge on any atom is -0.481 e. The highest BCUT2D eigenvalue weighted by molar-refractivity contribution is 5.85. The molecule has 2 atom stereocenters. The first-order chi connectivity index (χ1) is 16.4. The molecule has 0 saturated heterocycles. The fraction of sp³-hybridized carbons (Fsp3) is 0.444. The van der Waals surface area contributed by atoms with Gasteiger partial charge in [0.15, 0.2) is 0 Å². The van der Waals surface area contributed by atoms with Crippen molar-refractivity contribution >= 4 is 18.0 Å². The van der Waals surface area contributed by atoms with Crippen molar-refractivity contribution in [3.8, 4) is 11.1 Å². The number of alkyl carbamates (subject to hydrolysis) is 1. The predicted octanol–water partition coefficient (Wildman–Crippen LogP) is 4.31. The summed E-state index contributed by atoms with van der Waals surface area (Å²) in [6.07, 6.45) is 3.17. The molecule has 1 fully saturated rings. The van der Waals surface area contributed by atoms with Gasteiger partial charge in [-0.25, -0.2) is 4.79 Å². The summed E-state index contributed by atoms with van der Waals surface area (Å²) in [4.78, 5) is 36.3. The van der Waals surface area contributed by atoms with Gasteiger partial charge in [-0.3, -0.25) is 9.59 Å². The third-order valence-corrected chi connectivity index (χ3v) is 6.75. The molecule has 2 aromatic rings. The van der Waals surface area contributed by atoms with Crippen LogP contribution in [-0.2, 0) is 14.3 Å². The van der Waals surface area contributed by atoms with E-state index < -0.39 is 24.0 Å². The maximum Gasteiger partial charge on any atom is 0.407 e. The number of amides is 2. The van der Waals surface area contributed by atoms with Gasteiger partial charge < -0.3 is 20.5 Å². The number of aliphatic carboxylic acids is 1. The molecule has 0 aromatic heterocycles. The van der Waals surface area contributed by atoms with Crippen LogP contribution in [0.15, 0.2) is 48.5 Å². The summed E-state index contributed by atoms with van der Waals surface area (Å²) in [5, 5.41) is 14.6. The Kier molecular flexibility index (Phi) is 7.50. The average molecular weight is 465 g/mol. The molecule has 1 unspecified atom stereocenters. The van der Waals surface area contributed by atoms with Crippen molar-refractivity contribution in [3.63, 3.8) is 0 Å². The van der Waals surface area contributed by atoms with Crippen LogP contribution in [0, 0.1) is 11.8 Å². The summed E-state index contributed by atoms with van der Waals surface area (Å²) < 4.78 is 5.61. The van der Waals surface area contributed by atoms with Gasteiger partial charge in [0.25, 0.3) is 0 Å². The summed E-state index contributed by atoms with van der Waals surface area (Å²) in [6.45, 7) is 2.23. The van der Waals surface area contributed by atoms with E-state index in [4.69, 9.17) is 9.84 Å². The van der Waals surface area contributed by atoms with Gasteiger partial charge in [0.05, 0.1) is 5.92 Å². The maximum absolute atomic E-state index is 12.7. The maximum atomic E-state index is 12.7. The zero-order valence-corrected chi connectivity index (χ0v) is 19.5. The number of hydrogen-bond donors (Lipinski definition) is 3. The molecule has 2 aliphatic carbocycles. The van der Waals surface area contributed by atoms with Gasteiger partial charge in [-0.1, -0.05) is 68.3 Å². The second-order valence-corrected chi connectivity index (χ2v) is 9.37. The Bertz CT molecular complexity index is 1000. The average Bonchev–Trinajstić information content (AvgIpc) is 3.60. The third-order valence-electron chi connectivity index (χ3n) is 6.75. The number of benzene rings is 2. The Balaban J connectivity index is 1.31. The van der Waals surface area contributed by atoms with Crippen LogP contribution in [0.5, 0.6) is 0 Å². The van der Waals surface area contributed by atoms with Crippen LogP contribution in [0.2, 0.25) is 0 Å². The molecule has 3 N–H and O–H groups in total. The minimum absolute atomic E-state index is 0.0370. The Labute approximate surface area is 199 Å². The highest BCUT2D eigenvalue weighted by atomic mass is 16.5. The first-order valence-corrected chi connectivity index (χ1v) is 12.1. The lowest BCUT2D eigenvalue weighted by molar-refractivity contribution is -0.141. The monoisotopic (exact) mass is 464 g/mol. The molecule has 1 saturated carbocycles. The Morgan fingerprint density at radius 2 is 1.65 bits per heavy atom. The summed E-state index contributed by atoms with van der Waals surface area (Å²) in [5.41, 5.74) is 4.60. The van der Waals surface area contributed by atoms with Crippen molar-refractivity contribution in [1.29, 1.82) is 0 Å². The second kappa shape index (κ2) is 10.7. The van der Waals surface area contributed by atoms with Crippen molar-refractivity contribution in [1.82, 2.24) is 10.6 Å². The normalized spacial score (nSPS) is 16.1. The zero-order chi connectivity index (χ0) is 24.1. The van der Waals surface area contributed by atoms with E-state index in [-0.39, 0.29) is 18.4 Å². The van der Waals surface area contributed by atoms with Crippen LogP contribution in [0.4, 0.5) is 4.79 Å². The third kappa shape index (κ3) is 5.76. The summed E-state index contributed by atoms with van der Waals surface area (Å²) >= 11 is 0. The molecule has 0 bridgehead atoms. The van der Waals surface area contributed by atoms with E-state index in [9.17, 15) is 14.4 Å². The van der Waals surface area contributed by atoms with E-state index in [0.717, 1.165) is 35.1 Å². The number of fused-ring (bicyclic) bond motifs is 3. The van der Waals surface area contributed by atoms with Gasteiger partial charge >= 0.3 is 12.1 Å². The van der Waals surface area contributed by atoms with Gasteiger partial charge in [0, 0.05) is 12.5 Å². The Morgan fingerprint density at radius 1 is 1.03 bits per heavy atom. The fourth-order valence-corrected chi connectivity index (χ4v) is 4.57. The largest absolute Gasteiger partial charge is 0.481 e. The quantitative estimate of drug-likeness (QED) is 0.430. The highest BCUT2D eigenvalue weighted by Crippen LogP contribution is 2.44. The molecular weight excluding hydrogens is 432 g/mol. The van der Waals surface area contributed by atoms with E-state index in [0.29, 0.717) is 31.7 Å². The van der Waals surface area contributed by atoms with E-state index in [1.807, 2.05) is 24.3 Å². The molecule has 7 heteroatoms. The van der Waals surface area contributed by atoms with Crippen molar-refractivity contribution in [2.45, 2.75) is 51.0 Å². The first-order valence-electron chi connectivity index (χ1n) is 12.1. The van der Waals surface area contributed by atoms with Crippen LogP contribution < -0.4 is 10.6 Å². The van der Waals surface area contributed by atoms with Crippen molar-refractivity contribution in [3.05, 3.63) is 59.7 Å². The SMILES string of the molecule is CC(CCCNC(=O)[C@H](CC1CC1)NC(=O)OCC1c2ccccc2-c2ccccc21)C(=O)O. The zero-order valence-electron chi connectivity index (χ0n) is 19.5. The van der Waals surface area contributed by atoms with E-state index in [2.05, 4.69) is 34.9 Å². The van der Waals surface area contributed by atoms with E-state index in [1.54, 1.807) is 6.92 Å². The molecule has 0 radical (unpaired) electrons. The number of ether oxygens (including phenoxy) is 1. The van der Waals surface area contributed by atoms with Crippen molar-refractivity contribution in [2.75, 3.05) is 13.2 Å². The molecule has 4 rings (SSSR count). The van der Waals surface area contributed by atoms with Gasteiger partial charge in [-0.15, -0.1) is 0 Å². The lowest BCUT2D eigenvalue weighted by atomic mass is 9.98. The second-order valence-electron chi connectivity index (χ2n) is 9.37. The standard InChI is InChI=1S/C27H32N2O5/c1-17(26(31)32)7-6-14-28-25(30)24(15-18-12-13-18)29-27(33)34-16-23-21-10-4-2-8-19(21)20-9-3-5-11-22(20)23/h2-5,8-11,17-18,23-24H,6-7,12-16H2,1H3,(H,28,30)(H,29,33)(H,31,32)/t17?,24-/m0/s1. The number of nitrogens with one attached hydrogen (secondary N) is 2. The van der Waals surface area contributed by atoms with Crippen molar-refractivity contribution in [2.24, 2.45) is 11.8 Å². The molecule has 2 aliphatic rings. The first kappa shape index (κ1) is 23.8. The number of rotatable bonds is 11. The van der Waals surface area contributed by atoms with Gasteiger partial charge in [0.1, 0.15) is 12.6 Å². The summed E-state index contributed by atoms with van der Waals surface area (Å²) in [5.74, 6) is -1.13. The number of carboxylic acids is 1. The number of hydrogen-bond acceptors (Lipinski definition) is 4. The van der Waals surface area contributed by atoms with Gasteiger partial charge in [-0.2, -0.15) is 0 Å². The van der Waals surface area contributed by atoms with Crippen LogP contribution in [0.25, 0.3) is 11.1 Å². The predicted molar refractivity (Wildman–Crippen MR) is 128 cm³/mol. The van der Waals surface area contributed by atoms with E-state index >= 15 is 0 Å². The molecule has 0 aliphatic heterocycles. The number of carbonyl (C=O) groups excluding carboxylic acids is 2. The Hall–Kier alpha value is -3.35. The number of carbonyl (C=O) groups is 3. The topological polar surface area (TPSA) is 105 Å². The smallest absolute Gasteiger partial charge is 0.407 e. The van der Waals surface area contributed by atoms with E-state index in [1.165, 1.54) is 0 Å². The molecule has 180 valence electrons. The Morgan fingerprint density at radius 3 is 2.24 bits per heavy atom. The molecule has 2 amide bonds. The fourth-order valence-electron chi connectivity index (χ4n) is 4.57. The van der Waals surface area contributed by atoms with Crippen LogP contribution in [0.3, 0.4) is 0 Å². The molecule has 7 nitrogen and oxygen atoms in total. The molecule has 0 heterocycles. The highest BCUT2D eigenvalue weighted by Gasteiger charge is 2.32. The van der Waals surface area contributed by atoms with Crippen molar-refractivity contribution < 1.29 is 24.2 Å². The molecule has 2 aromatic carbocycles. The lowest BCUT2D eigenvalue weighted by Gasteiger charge is -2.20.